The number of thioether (sulfide) groups is 1. The number of ether oxygens (including phenoxy) is 4. The molecule has 2 heterocycles. The molecule has 0 saturated heterocycles. The molecule has 296 valence electrons. The minimum absolute atomic E-state index is 0.118. The summed E-state index contributed by atoms with van der Waals surface area (Å²) in [6.45, 7) is 0.641. The molecule has 0 saturated carbocycles. The highest BCUT2D eigenvalue weighted by Gasteiger charge is 2.36. The van der Waals surface area contributed by atoms with Gasteiger partial charge in [-0.3, -0.25) is 19.4 Å². The number of rotatable bonds is 10. The van der Waals surface area contributed by atoms with Crippen LogP contribution < -0.4 is 28.7 Å². The molecule has 6 aromatic carbocycles. The number of anilines is 2. The Morgan fingerprint density at radius 3 is 1.62 bits per heavy atom. The van der Waals surface area contributed by atoms with Crippen LogP contribution in [0.4, 0.5) is 11.4 Å². The lowest BCUT2D eigenvalue weighted by molar-refractivity contribution is 0.0983. The maximum absolute atomic E-state index is 13.1. The SMILES string of the molecule is COc1cc(C(=O)N2CS(=O)(=O)c3ccccc32)cc(Cl)c1OCc1ccccc1.COc1cc(C(=O)N2CSc3ccccc32)cc(Cl)c1OCc1ccccc1. The lowest BCUT2D eigenvalue weighted by atomic mass is 10.1. The fourth-order valence-electron chi connectivity index (χ4n) is 6.33. The van der Waals surface area contributed by atoms with Crippen LogP contribution in [0, 0.1) is 0 Å². The number of halogens is 2. The lowest BCUT2D eigenvalue weighted by Crippen LogP contribution is -2.30. The highest BCUT2D eigenvalue weighted by atomic mass is 35.5. The van der Waals surface area contributed by atoms with Crippen LogP contribution in [0.15, 0.2) is 143 Å². The largest absolute Gasteiger partial charge is 0.493 e. The van der Waals surface area contributed by atoms with E-state index in [4.69, 9.17) is 42.1 Å². The second-order valence-corrected chi connectivity index (χ2v) is 16.7. The van der Waals surface area contributed by atoms with Gasteiger partial charge in [0.15, 0.2) is 32.8 Å². The molecule has 0 fully saturated rings. The van der Waals surface area contributed by atoms with E-state index in [0.717, 1.165) is 21.7 Å². The summed E-state index contributed by atoms with van der Waals surface area (Å²) in [6.07, 6.45) is 0. The van der Waals surface area contributed by atoms with Crippen molar-refractivity contribution < 1.29 is 37.0 Å². The number of sulfone groups is 1. The molecule has 0 atom stereocenters. The van der Waals surface area contributed by atoms with Crippen LogP contribution in [0.5, 0.6) is 23.0 Å². The molecule has 0 radical (unpaired) electrons. The van der Waals surface area contributed by atoms with Gasteiger partial charge in [0.25, 0.3) is 11.8 Å². The fourth-order valence-corrected chi connectivity index (χ4v) is 9.41. The molecule has 0 aliphatic carbocycles. The minimum Gasteiger partial charge on any atom is -0.493 e. The number of nitrogens with zero attached hydrogens (tertiary/aromatic N) is 2. The van der Waals surface area contributed by atoms with Gasteiger partial charge in [-0.2, -0.15) is 0 Å². The standard InChI is InChI=1S/C22H18ClNO5S.C22H18ClNO3S/c1-28-19-12-16(11-17(23)21(19)29-13-15-7-3-2-4-8-15)22(25)24-14-30(26,27)20-10-6-5-9-18(20)24;1-26-19-12-16(22(25)24-14-28-20-10-6-5-9-18(20)24)11-17(23)21(19)27-13-15-7-3-2-4-8-15/h2-12H,13-14H2,1H3;2-12H,13-14H2,1H3. The molecule has 0 aromatic heterocycles. The molecule has 2 aliphatic rings. The van der Waals surface area contributed by atoms with Crippen LogP contribution in [-0.2, 0) is 23.1 Å². The lowest BCUT2D eigenvalue weighted by Gasteiger charge is -2.18. The molecule has 14 heteroatoms. The zero-order valence-corrected chi connectivity index (χ0v) is 34.4. The maximum atomic E-state index is 13.1. The monoisotopic (exact) mass is 854 g/mol. The number of amides is 2. The topological polar surface area (TPSA) is 112 Å². The molecule has 0 spiro atoms. The molecular weight excluding hydrogens is 820 g/mol. The van der Waals surface area contributed by atoms with E-state index in [-0.39, 0.29) is 33.7 Å². The molecule has 2 amide bonds. The van der Waals surface area contributed by atoms with Gasteiger partial charge in [0.2, 0.25) is 0 Å². The van der Waals surface area contributed by atoms with Gasteiger partial charge in [-0.05, 0) is 59.7 Å². The fraction of sp³-hybridized carbons (Fsp3) is 0.136. The summed E-state index contributed by atoms with van der Waals surface area (Å²) in [7, 11) is -0.578. The number of carbonyl (C=O) groups excluding carboxylic acids is 2. The van der Waals surface area contributed by atoms with Gasteiger partial charge in [0.05, 0.1) is 46.4 Å². The average Bonchev–Trinajstić information content (AvgIpc) is 3.80. The minimum atomic E-state index is -3.56. The predicted octanol–water partition coefficient (Wildman–Crippen LogP) is 9.96. The number of hydrogen-bond acceptors (Lipinski definition) is 9. The van der Waals surface area contributed by atoms with Crippen molar-refractivity contribution in [3.63, 3.8) is 0 Å². The third-order valence-corrected chi connectivity index (χ3v) is 12.4. The Labute approximate surface area is 350 Å². The van der Waals surface area contributed by atoms with Gasteiger partial charge in [-0.1, -0.05) is 108 Å². The van der Waals surface area contributed by atoms with E-state index in [0.29, 0.717) is 46.0 Å². The Balaban J connectivity index is 0.000000177. The Morgan fingerprint density at radius 2 is 1.09 bits per heavy atom. The van der Waals surface area contributed by atoms with Gasteiger partial charge >= 0.3 is 0 Å². The Bertz CT molecular complexity index is 2580. The van der Waals surface area contributed by atoms with E-state index in [2.05, 4.69) is 0 Å². The molecule has 8 rings (SSSR count). The van der Waals surface area contributed by atoms with Crippen LogP contribution in [0.25, 0.3) is 0 Å². The highest BCUT2D eigenvalue weighted by Crippen LogP contribution is 2.42. The van der Waals surface area contributed by atoms with E-state index >= 15 is 0 Å². The van der Waals surface area contributed by atoms with Crippen LogP contribution in [0.3, 0.4) is 0 Å². The zero-order chi connectivity index (χ0) is 40.8. The van der Waals surface area contributed by atoms with Gasteiger partial charge in [-0.25, -0.2) is 8.42 Å². The van der Waals surface area contributed by atoms with E-state index < -0.39 is 21.6 Å². The third-order valence-electron chi connectivity index (χ3n) is 9.19. The highest BCUT2D eigenvalue weighted by molar-refractivity contribution is 8.00. The molecule has 0 N–H and O–H groups in total. The van der Waals surface area contributed by atoms with Crippen molar-refractivity contribution in [2.24, 2.45) is 0 Å². The smallest absolute Gasteiger partial charge is 0.259 e. The van der Waals surface area contributed by atoms with Crippen molar-refractivity contribution in [1.82, 2.24) is 0 Å². The quantitative estimate of drug-likeness (QED) is 0.133. The van der Waals surface area contributed by atoms with Crippen molar-refractivity contribution in [1.29, 1.82) is 0 Å². The summed E-state index contributed by atoms with van der Waals surface area (Å²) in [5, 5.41) is 0.544. The first-order valence-corrected chi connectivity index (χ1v) is 21.2. The molecule has 2 aliphatic heterocycles. The summed E-state index contributed by atoms with van der Waals surface area (Å²) >= 11 is 14.5. The summed E-state index contributed by atoms with van der Waals surface area (Å²) in [5.74, 6) is 1.02. The summed E-state index contributed by atoms with van der Waals surface area (Å²) in [4.78, 5) is 30.4. The summed E-state index contributed by atoms with van der Waals surface area (Å²) < 4.78 is 47.3. The number of para-hydroxylation sites is 2. The van der Waals surface area contributed by atoms with E-state index in [1.54, 1.807) is 47.0 Å². The number of fused-ring (bicyclic) bond motifs is 2. The number of benzene rings is 6. The zero-order valence-electron chi connectivity index (χ0n) is 31.3. The number of methoxy groups -OCH3 is 2. The first-order valence-electron chi connectivity index (χ1n) is 17.8. The second kappa shape index (κ2) is 17.9. The van der Waals surface area contributed by atoms with Crippen molar-refractivity contribution in [3.05, 3.63) is 166 Å². The number of carbonyl (C=O) groups is 2. The average molecular weight is 856 g/mol. The first kappa shape index (κ1) is 40.5. The molecule has 0 unspecified atom stereocenters. The van der Waals surface area contributed by atoms with Crippen LogP contribution in [0.2, 0.25) is 10.0 Å². The number of hydrogen-bond donors (Lipinski definition) is 0. The van der Waals surface area contributed by atoms with E-state index in [1.165, 1.54) is 37.3 Å². The van der Waals surface area contributed by atoms with Crippen molar-refractivity contribution >= 4 is 68.0 Å². The van der Waals surface area contributed by atoms with Crippen LogP contribution in [0.1, 0.15) is 31.8 Å². The van der Waals surface area contributed by atoms with Gasteiger partial charge < -0.3 is 18.9 Å². The second-order valence-electron chi connectivity index (χ2n) is 12.9. The van der Waals surface area contributed by atoms with Crippen molar-refractivity contribution in [2.45, 2.75) is 23.0 Å². The van der Waals surface area contributed by atoms with E-state index in [1.807, 2.05) is 84.9 Å². The van der Waals surface area contributed by atoms with Gasteiger partial charge in [0, 0.05) is 16.0 Å². The van der Waals surface area contributed by atoms with Crippen molar-refractivity contribution in [2.75, 3.05) is 35.8 Å². The first-order chi connectivity index (χ1) is 28.1. The third kappa shape index (κ3) is 8.75. The Morgan fingerprint density at radius 1 is 0.621 bits per heavy atom. The van der Waals surface area contributed by atoms with E-state index in [9.17, 15) is 18.0 Å². The van der Waals surface area contributed by atoms with Crippen LogP contribution >= 0.6 is 35.0 Å². The summed E-state index contributed by atoms with van der Waals surface area (Å²) in [6, 6.07) is 39.9. The predicted molar refractivity (Wildman–Crippen MR) is 227 cm³/mol. The molecule has 58 heavy (non-hydrogen) atoms. The van der Waals surface area contributed by atoms with Crippen molar-refractivity contribution in [3.8, 4) is 23.0 Å². The molecule has 10 nitrogen and oxygen atoms in total. The van der Waals surface area contributed by atoms with Gasteiger partial charge in [0.1, 0.15) is 19.1 Å². The molecule has 6 aromatic rings. The maximum Gasteiger partial charge on any atom is 0.259 e. The molecule has 0 bridgehead atoms. The molecular formula is C44H36Cl2N2O8S2. The Hall–Kier alpha value is -5.66. The Kier molecular flexibility index (Phi) is 12.5. The van der Waals surface area contributed by atoms with Gasteiger partial charge in [-0.15, -0.1) is 11.8 Å². The summed E-state index contributed by atoms with van der Waals surface area (Å²) in [5.41, 5.74) is 3.90. The normalized spacial score (nSPS) is 13.4. The van der Waals surface area contributed by atoms with Crippen LogP contribution in [-0.4, -0.2) is 46.2 Å².